The van der Waals surface area contributed by atoms with Crippen LogP contribution in [0, 0.1) is 11.3 Å². The summed E-state index contributed by atoms with van der Waals surface area (Å²) < 4.78 is 5.94. The van der Waals surface area contributed by atoms with Gasteiger partial charge >= 0.3 is 0 Å². The van der Waals surface area contributed by atoms with Gasteiger partial charge in [0, 0.05) is 6.54 Å². The first kappa shape index (κ1) is 22.6. The number of hydrogen-bond donors (Lipinski definition) is 0. The van der Waals surface area contributed by atoms with Crippen molar-refractivity contribution in [3.8, 4) is 6.07 Å². The average Bonchev–Trinajstić information content (AvgIpc) is 2.63. The zero-order valence-corrected chi connectivity index (χ0v) is 16.6. The van der Waals surface area contributed by atoms with Crippen LogP contribution in [0.5, 0.6) is 0 Å². The molecule has 0 spiro atoms. The highest BCUT2D eigenvalue weighted by molar-refractivity contribution is 5.36. The molecule has 1 aromatic rings. The van der Waals surface area contributed by atoms with Crippen LogP contribution >= 0.6 is 0 Å². The average molecular weight is 333 g/mol. The van der Waals surface area contributed by atoms with Gasteiger partial charge in [0.2, 0.25) is 0 Å². The summed E-state index contributed by atoms with van der Waals surface area (Å²) in [6, 6.07) is 8.63. The number of nitrogens with zero attached hydrogens (tertiary/aromatic N) is 2. The predicted octanol–water partition coefficient (Wildman–Crippen LogP) is 5.15. The van der Waals surface area contributed by atoms with Crippen LogP contribution in [0.25, 0.3) is 0 Å². The lowest BCUT2D eigenvalue weighted by Gasteiger charge is -2.28. The summed E-state index contributed by atoms with van der Waals surface area (Å²) >= 11 is 0. The molecule has 0 N–H and O–H groups in total. The minimum atomic E-state index is 0.217. The molecule has 0 fully saturated rings. The molecular formula is C21H36N2O. The molecule has 1 heterocycles. The van der Waals surface area contributed by atoms with Crippen molar-refractivity contribution in [1.29, 1.82) is 5.26 Å². The molecular weight excluding hydrogens is 296 g/mol. The molecule has 1 unspecified atom stereocenters. The minimum absolute atomic E-state index is 0.217. The quantitative estimate of drug-likeness (QED) is 0.722. The molecule has 0 radical (unpaired) electrons. The van der Waals surface area contributed by atoms with E-state index in [9.17, 15) is 0 Å². The van der Waals surface area contributed by atoms with Crippen LogP contribution in [0.4, 0.5) is 0 Å². The molecule has 3 nitrogen and oxygen atoms in total. The van der Waals surface area contributed by atoms with E-state index >= 15 is 0 Å². The molecule has 0 aromatic heterocycles. The molecule has 3 heteroatoms. The van der Waals surface area contributed by atoms with E-state index in [4.69, 9.17) is 10.00 Å². The van der Waals surface area contributed by atoms with E-state index in [1.54, 1.807) is 0 Å². The van der Waals surface area contributed by atoms with Crippen LogP contribution < -0.4 is 0 Å². The van der Waals surface area contributed by atoms with Gasteiger partial charge < -0.3 is 9.64 Å². The van der Waals surface area contributed by atoms with Gasteiger partial charge in [-0.3, -0.25) is 0 Å². The van der Waals surface area contributed by atoms with E-state index in [2.05, 4.69) is 43.1 Å². The van der Waals surface area contributed by atoms with E-state index in [1.165, 1.54) is 17.5 Å². The maximum absolute atomic E-state index is 8.79. The summed E-state index contributed by atoms with van der Waals surface area (Å²) in [4.78, 5) is 2.36. The van der Waals surface area contributed by atoms with Crippen LogP contribution in [-0.2, 0) is 17.6 Å². The molecule has 0 amide bonds. The van der Waals surface area contributed by atoms with Crippen LogP contribution in [0.2, 0.25) is 0 Å². The first-order valence-corrected chi connectivity index (χ1v) is 9.53. The third-order valence-electron chi connectivity index (χ3n) is 3.91. The summed E-state index contributed by atoms with van der Waals surface area (Å²) in [5, 5.41) is 8.79. The van der Waals surface area contributed by atoms with Crippen molar-refractivity contribution in [2.75, 3.05) is 26.7 Å². The van der Waals surface area contributed by atoms with Crippen molar-refractivity contribution in [2.45, 2.75) is 66.4 Å². The summed E-state index contributed by atoms with van der Waals surface area (Å²) in [6.45, 7) is 13.2. The third-order valence-corrected chi connectivity index (χ3v) is 3.91. The first-order valence-electron chi connectivity index (χ1n) is 9.53. The molecule has 136 valence electrons. The second-order valence-electron chi connectivity index (χ2n) is 5.57. The van der Waals surface area contributed by atoms with Gasteiger partial charge in [-0.2, -0.15) is 5.26 Å². The SMILES string of the molecule is CC.CC.CCCN(C)CCC1OCCc2cc(CC#N)ccc21. The van der Waals surface area contributed by atoms with Crippen molar-refractivity contribution < 1.29 is 4.74 Å². The van der Waals surface area contributed by atoms with Gasteiger partial charge in [-0.1, -0.05) is 52.8 Å². The molecule has 1 aliphatic heterocycles. The van der Waals surface area contributed by atoms with Crippen molar-refractivity contribution in [3.63, 3.8) is 0 Å². The van der Waals surface area contributed by atoms with E-state index in [0.717, 1.165) is 38.1 Å². The second kappa shape index (κ2) is 14.0. The number of fused-ring (bicyclic) bond motifs is 1. The molecule has 0 saturated heterocycles. The lowest BCUT2D eigenvalue weighted by molar-refractivity contribution is 0.0309. The predicted molar refractivity (Wildman–Crippen MR) is 103 cm³/mol. The molecule has 1 atom stereocenters. The van der Waals surface area contributed by atoms with Gasteiger partial charge in [0.1, 0.15) is 0 Å². The number of rotatable bonds is 6. The minimum Gasteiger partial charge on any atom is -0.373 e. The number of benzene rings is 1. The molecule has 0 bridgehead atoms. The summed E-state index contributed by atoms with van der Waals surface area (Å²) in [6.07, 6.45) is 3.92. The standard InChI is InChI=1S/C17H24N2O.2C2H6/c1-3-10-19(2)11-7-17-16-5-4-14(6-9-18)13-15(16)8-12-20-17;2*1-2/h4-5,13,17H,3,6-8,10-12H2,1-2H3;2*1-2H3. The second-order valence-corrected chi connectivity index (χ2v) is 5.57. The van der Waals surface area contributed by atoms with Crippen molar-refractivity contribution in [3.05, 3.63) is 34.9 Å². The van der Waals surface area contributed by atoms with Gasteiger partial charge in [-0.15, -0.1) is 0 Å². The summed E-state index contributed by atoms with van der Waals surface area (Å²) in [5.41, 5.74) is 3.81. The largest absolute Gasteiger partial charge is 0.373 e. The third kappa shape index (κ3) is 7.47. The first-order chi connectivity index (χ1) is 11.7. The van der Waals surface area contributed by atoms with Crippen LogP contribution in [-0.4, -0.2) is 31.6 Å². The molecule has 0 aliphatic carbocycles. The maximum atomic E-state index is 8.79. The van der Waals surface area contributed by atoms with E-state index < -0.39 is 0 Å². The summed E-state index contributed by atoms with van der Waals surface area (Å²) in [5.74, 6) is 0. The molecule has 24 heavy (non-hydrogen) atoms. The Morgan fingerprint density at radius 2 is 1.92 bits per heavy atom. The van der Waals surface area contributed by atoms with E-state index in [1.807, 2.05) is 27.7 Å². The zero-order valence-electron chi connectivity index (χ0n) is 16.6. The molecule has 0 saturated carbocycles. The topological polar surface area (TPSA) is 36.3 Å². The normalized spacial score (nSPS) is 15.3. The maximum Gasteiger partial charge on any atom is 0.0839 e. The lowest BCUT2D eigenvalue weighted by Crippen LogP contribution is -2.25. The van der Waals surface area contributed by atoms with E-state index in [-0.39, 0.29) is 6.10 Å². The lowest BCUT2D eigenvalue weighted by atomic mass is 9.93. The smallest absolute Gasteiger partial charge is 0.0839 e. The fourth-order valence-electron chi connectivity index (χ4n) is 2.86. The van der Waals surface area contributed by atoms with Gasteiger partial charge in [-0.25, -0.2) is 0 Å². The van der Waals surface area contributed by atoms with Crippen LogP contribution in [0.1, 0.15) is 70.3 Å². The fraction of sp³-hybridized carbons (Fsp3) is 0.667. The Kier molecular flexibility index (Phi) is 13.2. The Balaban J connectivity index is 0.00000123. The molecule has 2 rings (SSSR count). The number of hydrogen-bond acceptors (Lipinski definition) is 3. The van der Waals surface area contributed by atoms with E-state index in [0.29, 0.717) is 6.42 Å². The Labute approximate surface area is 149 Å². The highest BCUT2D eigenvalue weighted by Crippen LogP contribution is 2.30. The molecule has 1 aliphatic rings. The zero-order chi connectivity index (χ0) is 18.4. The Bertz CT molecular complexity index is 479. The summed E-state index contributed by atoms with van der Waals surface area (Å²) in [7, 11) is 2.17. The highest BCUT2D eigenvalue weighted by atomic mass is 16.5. The van der Waals surface area contributed by atoms with Gasteiger partial charge in [0.15, 0.2) is 0 Å². The number of ether oxygens (including phenoxy) is 1. The van der Waals surface area contributed by atoms with Crippen LogP contribution in [0.15, 0.2) is 18.2 Å². The van der Waals surface area contributed by atoms with Crippen LogP contribution in [0.3, 0.4) is 0 Å². The fourth-order valence-corrected chi connectivity index (χ4v) is 2.86. The van der Waals surface area contributed by atoms with Crippen molar-refractivity contribution >= 4 is 0 Å². The van der Waals surface area contributed by atoms with Gasteiger partial charge in [-0.05, 0) is 49.5 Å². The highest BCUT2D eigenvalue weighted by Gasteiger charge is 2.21. The van der Waals surface area contributed by atoms with Gasteiger partial charge in [0.25, 0.3) is 0 Å². The Morgan fingerprint density at radius 1 is 1.21 bits per heavy atom. The van der Waals surface area contributed by atoms with Crippen molar-refractivity contribution in [1.82, 2.24) is 4.90 Å². The Morgan fingerprint density at radius 3 is 2.54 bits per heavy atom. The number of nitriles is 1. The molecule has 1 aromatic carbocycles. The van der Waals surface area contributed by atoms with Crippen molar-refractivity contribution in [2.24, 2.45) is 0 Å². The van der Waals surface area contributed by atoms with Gasteiger partial charge in [0.05, 0.1) is 25.2 Å². The monoisotopic (exact) mass is 332 g/mol. The Hall–Kier alpha value is -1.37.